The number of hydrogen-bond acceptors (Lipinski definition) is 8. The predicted octanol–water partition coefficient (Wildman–Crippen LogP) is 7.88. The fourth-order valence-corrected chi connectivity index (χ4v) is 16.3. The van der Waals surface area contributed by atoms with Crippen molar-refractivity contribution in [3.8, 4) is 0 Å². The third-order valence-electron chi connectivity index (χ3n) is 11.5. The summed E-state index contributed by atoms with van der Waals surface area (Å²) in [7, 11) is -13.1. The van der Waals surface area contributed by atoms with Crippen LogP contribution in [0.2, 0.25) is 0 Å². The molecule has 0 aliphatic heterocycles. The summed E-state index contributed by atoms with van der Waals surface area (Å²) in [5.41, 5.74) is 8.56. The largest absolute Gasteiger partial charge is 0.243 e. The fourth-order valence-electron chi connectivity index (χ4n) is 9.17. The van der Waals surface area contributed by atoms with Gasteiger partial charge in [-0.3, -0.25) is 0 Å². The molecule has 348 valence electrons. The van der Waals surface area contributed by atoms with Gasteiger partial charge in [0.25, 0.3) is 0 Å². The highest BCUT2D eigenvalue weighted by Crippen LogP contribution is 2.30. The average molecular weight is 945 g/mol. The van der Waals surface area contributed by atoms with E-state index in [4.69, 9.17) is 0 Å². The Labute approximate surface area is 379 Å². The van der Waals surface area contributed by atoms with Gasteiger partial charge in [-0.2, -0.15) is 8.61 Å². The van der Waals surface area contributed by atoms with Crippen LogP contribution in [-0.2, 0) is 40.1 Å². The molecule has 63 heavy (non-hydrogen) atoms. The maximum atomic E-state index is 14.6. The standard InChI is InChI=1S/C47H68N4O8S4/c1-32-24-36(5)44(37(6)25-32)60(52,53)48(13)18-15-20-50(62(56,57)46-40(9)28-34(3)29-41(46)10)22-17-23-51(63(58,59)47-42(11)30-35(4)31-43(47)12)21-16-19-49(14)61(54,55)45-38(7)26-33(2)27-39(45)8/h24-31H,15-23H2,1-14H3. The number of benzene rings is 4. The van der Waals surface area contributed by atoms with Gasteiger partial charge in [0.1, 0.15) is 0 Å². The Kier molecular flexibility index (Phi) is 16.9. The molecular formula is C47H68N4O8S4. The van der Waals surface area contributed by atoms with Gasteiger partial charge in [0, 0.05) is 53.4 Å². The first-order chi connectivity index (χ1) is 29.0. The molecule has 4 aromatic rings. The van der Waals surface area contributed by atoms with Gasteiger partial charge < -0.3 is 0 Å². The zero-order valence-corrected chi connectivity index (χ0v) is 42.9. The third-order valence-corrected chi connectivity index (χ3v) is 20.3. The highest BCUT2D eigenvalue weighted by Gasteiger charge is 2.33. The molecular weight excluding hydrogens is 877 g/mol. The van der Waals surface area contributed by atoms with Gasteiger partial charge >= 0.3 is 0 Å². The van der Waals surface area contributed by atoms with Crippen LogP contribution in [0.25, 0.3) is 0 Å². The molecule has 0 fully saturated rings. The number of aryl methyl sites for hydroxylation is 12. The topological polar surface area (TPSA) is 150 Å². The molecule has 0 radical (unpaired) electrons. The molecule has 0 bridgehead atoms. The van der Waals surface area contributed by atoms with Gasteiger partial charge in [0.2, 0.25) is 40.1 Å². The van der Waals surface area contributed by atoms with Crippen LogP contribution in [0.1, 0.15) is 86.0 Å². The van der Waals surface area contributed by atoms with E-state index in [-0.39, 0.29) is 78.1 Å². The van der Waals surface area contributed by atoms with E-state index in [2.05, 4.69) is 0 Å². The normalized spacial score (nSPS) is 13.0. The molecule has 0 aromatic heterocycles. The lowest BCUT2D eigenvalue weighted by atomic mass is 10.1. The van der Waals surface area contributed by atoms with Crippen LogP contribution in [0.15, 0.2) is 68.1 Å². The summed E-state index contributed by atoms with van der Waals surface area (Å²) in [5, 5.41) is 0. The van der Waals surface area contributed by atoms with E-state index in [0.29, 0.717) is 44.5 Å². The van der Waals surface area contributed by atoms with E-state index >= 15 is 0 Å². The zero-order valence-electron chi connectivity index (χ0n) is 39.7. The van der Waals surface area contributed by atoms with Gasteiger partial charge in [-0.1, -0.05) is 70.8 Å². The van der Waals surface area contributed by atoms with Crippen LogP contribution in [0.3, 0.4) is 0 Å². The monoisotopic (exact) mass is 944 g/mol. The second-order valence-corrected chi connectivity index (χ2v) is 25.1. The van der Waals surface area contributed by atoms with Crippen molar-refractivity contribution in [3.63, 3.8) is 0 Å². The van der Waals surface area contributed by atoms with Crippen LogP contribution in [0, 0.1) is 83.1 Å². The van der Waals surface area contributed by atoms with Crippen LogP contribution < -0.4 is 0 Å². The molecule has 16 heteroatoms. The highest BCUT2D eigenvalue weighted by atomic mass is 32.2. The lowest BCUT2D eigenvalue weighted by Gasteiger charge is -2.28. The predicted molar refractivity (Wildman–Crippen MR) is 254 cm³/mol. The molecule has 0 aliphatic carbocycles. The Bertz CT molecular complexity index is 2520. The zero-order chi connectivity index (χ0) is 47.6. The van der Waals surface area contributed by atoms with Crippen molar-refractivity contribution in [2.24, 2.45) is 0 Å². The molecule has 0 amide bonds. The van der Waals surface area contributed by atoms with E-state index in [1.54, 1.807) is 55.4 Å². The summed E-state index contributed by atoms with van der Waals surface area (Å²) in [6.07, 6.45) is 0.457. The van der Waals surface area contributed by atoms with Crippen LogP contribution in [0.5, 0.6) is 0 Å². The van der Waals surface area contributed by atoms with Crippen molar-refractivity contribution in [3.05, 3.63) is 115 Å². The molecule has 0 heterocycles. The molecule has 0 saturated carbocycles. The van der Waals surface area contributed by atoms with Crippen molar-refractivity contribution >= 4 is 40.1 Å². The summed E-state index contributed by atoms with van der Waals surface area (Å²) in [5.74, 6) is 0. The van der Waals surface area contributed by atoms with Gasteiger partial charge in [-0.05, 0) is 147 Å². The number of sulfonamides is 4. The van der Waals surface area contributed by atoms with Crippen LogP contribution >= 0.6 is 0 Å². The van der Waals surface area contributed by atoms with Gasteiger partial charge in [0.05, 0.1) is 19.6 Å². The molecule has 0 aliphatic rings. The van der Waals surface area contributed by atoms with Crippen molar-refractivity contribution < 1.29 is 33.7 Å². The van der Waals surface area contributed by atoms with Crippen molar-refractivity contribution in [1.29, 1.82) is 0 Å². The molecule has 0 unspecified atom stereocenters. The number of rotatable bonds is 20. The Morgan fingerprint density at radius 3 is 0.683 bits per heavy atom. The third kappa shape index (κ3) is 11.7. The maximum absolute atomic E-state index is 14.6. The van der Waals surface area contributed by atoms with Gasteiger partial charge in [-0.15, -0.1) is 0 Å². The van der Waals surface area contributed by atoms with Crippen molar-refractivity contribution in [2.75, 3.05) is 53.4 Å². The second-order valence-electron chi connectivity index (χ2n) is 17.4. The summed E-state index contributed by atoms with van der Waals surface area (Å²) < 4.78 is 119. The minimum Gasteiger partial charge on any atom is -0.207 e. The highest BCUT2D eigenvalue weighted by molar-refractivity contribution is 7.90. The van der Waals surface area contributed by atoms with E-state index in [1.807, 2.05) is 76.2 Å². The molecule has 12 nitrogen and oxygen atoms in total. The molecule has 0 spiro atoms. The second kappa shape index (κ2) is 20.4. The van der Waals surface area contributed by atoms with Crippen molar-refractivity contribution in [2.45, 2.75) is 122 Å². The quantitative estimate of drug-likeness (QED) is 0.0869. The first-order valence-electron chi connectivity index (χ1n) is 21.3. The molecule has 4 rings (SSSR count). The summed E-state index contributed by atoms with van der Waals surface area (Å²) in [6, 6.07) is 14.5. The SMILES string of the molecule is Cc1cc(C)c(S(=O)(=O)N(C)CCCN(CCCN(CCCN(C)S(=O)(=O)c2c(C)cc(C)cc2C)S(=O)(=O)c2c(C)cc(C)cc2C)S(=O)(=O)c2c(C)cc(C)cc2C)c(C)c1. The minimum absolute atomic E-state index is 0.0236. The Hall–Kier alpha value is -3.48. The van der Waals surface area contributed by atoms with Gasteiger partial charge in [0.15, 0.2) is 0 Å². The summed E-state index contributed by atoms with van der Waals surface area (Å²) in [6.45, 7) is 21.6. The van der Waals surface area contributed by atoms with E-state index in [0.717, 1.165) is 22.3 Å². The molecule has 4 aromatic carbocycles. The molecule has 0 N–H and O–H groups in total. The first kappa shape index (κ1) is 52.1. The lowest BCUT2D eigenvalue weighted by molar-refractivity contribution is 0.339. The lowest BCUT2D eigenvalue weighted by Crippen LogP contribution is -2.40. The molecule has 0 atom stereocenters. The Morgan fingerprint density at radius 1 is 0.302 bits per heavy atom. The van der Waals surface area contributed by atoms with E-state index < -0.39 is 40.1 Å². The first-order valence-corrected chi connectivity index (χ1v) is 27.1. The fraction of sp³-hybridized carbons (Fsp3) is 0.489. The van der Waals surface area contributed by atoms with E-state index in [9.17, 15) is 33.7 Å². The van der Waals surface area contributed by atoms with Crippen LogP contribution in [-0.4, -0.2) is 104 Å². The summed E-state index contributed by atoms with van der Waals surface area (Å²) >= 11 is 0. The average Bonchev–Trinajstić information content (AvgIpc) is 3.10. The minimum atomic E-state index is -4.14. The van der Waals surface area contributed by atoms with Crippen LogP contribution in [0.4, 0.5) is 0 Å². The van der Waals surface area contributed by atoms with E-state index in [1.165, 1.54) is 31.3 Å². The number of nitrogens with zero attached hydrogens (tertiary/aromatic N) is 4. The smallest absolute Gasteiger partial charge is 0.207 e. The van der Waals surface area contributed by atoms with Crippen molar-refractivity contribution in [1.82, 2.24) is 17.2 Å². The summed E-state index contributed by atoms with van der Waals surface area (Å²) in [4.78, 5) is 0.795. The number of hydrogen-bond donors (Lipinski definition) is 0. The molecule has 0 saturated heterocycles. The Balaban J connectivity index is 1.65. The maximum Gasteiger partial charge on any atom is 0.243 e. The Morgan fingerprint density at radius 2 is 0.476 bits per heavy atom. The van der Waals surface area contributed by atoms with Gasteiger partial charge in [-0.25, -0.2) is 42.3 Å².